The third-order valence-electron chi connectivity index (χ3n) is 16.4. The van der Waals surface area contributed by atoms with E-state index in [0.29, 0.717) is 18.4 Å². The Balaban J connectivity index is 1.59. The SMILES string of the molecule is CC[C@H](C)[C@H](N)C(=O)N[C@H]1CSSC[C@@H](C(=O)NCC(=O)N2CCC[C@H]2C(=O)N[C@@H](CCCCN)C(=O)N[C@@H](Cc2ccc(O)cc2)C(=O)N[C@@H](CO)C(=O)N[C@@H](CSCNC(C)=O)C(N)=O)NC(=O)[C@H](C)NC(=O)[C@@H]2CCCN2C(=O)[C@H](CC(N)=O)NC(=O)[C@H](CSCNC(C)=O)NC1=O. The van der Waals surface area contributed by atoms with Gasteiger partial charge in [0.25, 0.3) is 0 Å². The van der Waals surface area contributed by atoms with Crippen LogP contribution in [0.25, 0.3) is 0 Å². The number of hydrogen-bond donors (Lipinski definition) is 18. The molecule has 0 unspecified atom stereocenters. The van der Waals surface area contributed by atoms with Gasteiger partial charge in [-0.05, 0) is 82.0 Å². The molecule has 1 aromatic carbocycles. The molecule has 562 valence electrons. The number of primary amides is 2. The molecule has 0 spiro atoms. The zero-order valence-electron chi connectivity index (χ0n) is 56.9. The Morgan fingerprint density at radius 3 is 1.94 bits per heavy atom. The van der Waals surface area contributed by atoms with Crippen molar-refractivity contribution in [2.24, 2.45) is 28.9 Å². The normalized spacial score (nSPS) is 21.9. The number of phenols is 1. The Morgan fingerprint density at radius 2 is 1.31 bits per heavy atom. The van der Waals surface area contributed by atoms with Crippen LogP contribution in [0.4, 0.5) is 0 Å². The Hall–Kier alpha value is -8.18. The molecule has 3 heterocycles. The van der Waals surface area contributed by atoms with Crippen molar-refractivity contribution in [3.63, 3.8) is 0 Å². The van der Waals surface area contributed by atoms with E-state index in [-0.39, 0.29) is 117 Å². The fourth-order valence-electron chi connectivity index (χ4n) is 10.4. The lowest BCUT2D eigenvalue weighted by molar-refractivity contribution is -0.143. The maximum atomic E-state index is 14.4. The fourth-order valence-corrected chi connectivity index (χ4v) is 14.5. The zero-order chi connectivity index (χ0) is 75.0. The van der Waals surface area contributed by atoms with Gasteiger partial charge in [-0.1, -0.05) is 54.0 Å². The molecule has 3 aliphatic heterocycles. The Bertz CT molecular complexity index is 3110. The van der Waals surface area contributed by atoms with Gasteiger partial charge in [0, 0.05) is 56.4 Å². The minimum atomic E-state index is -1.69. The van der Waals surface area contributed by atoms with E-state index in [4.69, 9.17) is 22.9 Å². The van der Waals surface area contributed by atoms with E-state index < -0.39 is 181 Å². The lowest BCUT2D eigenvalue weighted by Crippen LogP contribution is -2.61. The van der Waals surface area contributed by atoms with Gasteiger partial charge >= 0.3 is 0 Å². The highest BCUT2D eigenvalue weighted by Crippen LogP contribution is 2.25. The second-order valence-corrected chi connectivity index (χ2v) is 28.9. The second kappa shape index (κ2) is 43.6. The van der Waals surface area contributed by atoms with Gasteiger partial charge in [0.1, 0.15) is 72.2 Å². The first-order chi connectivity index (χ1) is 47.9. The molecule has 101 heavy (non-hydrogen) atoms. The van der Waals surface area contributed by atoms with Crippen molar-refractivity contribution in [3.05, 3.63) is 29.8 Å². The largest absolute Gasteiger partial charge is 0.508 e. The summed E-state index contributed by atoms with van der Waals surface area (Å²) in [5.41, 5.74) is 23.5. The summed E-state index contributed by atoms with van der Waals surface area (Å²) >= 11 is 2.06. The summed E-state index contributed by atoms with van der Waals surface area (Å²) in [7, 11) is 1.88. The topological polar surface area (TPSA) is 568 Å². The van der Waals surface area contributed by atoms with Crippen LogP contribution in [0.3, 0.4) is 0 Å². The Labute approximate surface area is 600 Å². The highest BCUT2D eigenvalue weighted by molar-refractivity contribution is 8.76. The first kappa shape index (κ1) is 85.2. The lowest BCUT2D eigenvalue weighted by Gasteiger charge is -2.30. The number of carbonyl (C=O) groups excluding carboxylic acids is 16. The quantitative estimate of drug-likeness (QED) is 0.0177. The van der Waals surface area contributed by atoms with Crippen molar-refractivity contribution in [3.8, 4) is 5.75 Å². The predicted octanol–water partition coefficient (Wildman–Crippen LogP) is -6.68. The van der Waals surface area contributed by atoms with Gasteiger partial charge in [0.15, 0.2) is 0 Å². The highest BCUT2D eigenvalue weighted by Gasteiger charge is 2.42. The van der Waals surface area contributed by atoms with E-state index in [0.717, 1.165) is 50.0 Å². The monoisotopic (exact) mass is 1500 g/mol. The molecule has 1 aromatic rings. The number of nitrogens with zero attached hydrogens (tertiary/aromatic N) is 2. The van der Waals surface area contributed by atoms with Crippen LogP contribution in [-0.4, -0.2) is 255 Å². The van der Waals surface area contributed by atoms with Crippen LogP contribution >= 0.6 is 45.1 Å². The van der Waals surface area contributed by atoms with Crippen LogP contribution < -0.4 is 86.7 Å². The van der Waals surface area contributed by atoms with Crippen LogP contribution in [0.1, 0.15) is 98.0 Å². The van der Waals surface area contributed by atoms with Crippen LogP contribution in [0.2, 0.25) is 0 Å². The van der Waals surface area contributed by atoms with Gasteiger partial charge in [-0.2, -0.15) is 0 Å². The molecule has 0 aliphatic carbocycles. The number of nitrogens with two attached hydrogens (primary N) is 4. The number of hydrogen-bond acceptors (Lipinski definition) is 24. The Kier molecular flexibility index (Phi) is 36.8. The molecule has 0 aromatic heterocycles. The average molecular weight is 1500 g/mol. The van der Waals surface area contributed by atoms with E-state index >= 15 is 0 Å². The number of fused-ring (bicyclic) bond motifs is 1. The number of benzene rings is 1. The summed E-state index contributed by atoms with van der Waals surface area (Å²) in [5.74, 6) is -14.6. The van der Waals surface area contributed by atoms with Crippen LogP contribution in [-0.2, 0) is 83.1 Å². The molecule has 3 fully saturated rings. The summed E-state index contributed by atoms with van der Waals surface area (Å²) in [6.07, 6.45) is 0.865. The molecule has 13 atom stereocenters. The number of aromatic hydroxyl groups is 1. The number of phenolic OH excluding ortho intramolecular Hbond substituents is 1. The fraction of sp³-hybridized carbons (Fsp3) is 0.639. The van der Waals surface area contributed by atoms with Crippen molar-refractivity contribution in [1.29, 1.82) is 0 Å². The number of thioether (sulfide) groups is 2. The molecule has 40 heteroatoms. The van der Waals surface area contributed by atoms with Crippen molar-refractivity contribution < 1.29 is 86.9 Å². The number of amides is 16. The molecule has 4 rings (SSSR count). The summed E-state index contributed by atoms with van der Waals surface area (Å²) in [6, 6.07) is -11.4. The summed E-state index contributed by atoms with van der Waals surface area (Å²) in [5, 5.41) is 50.8. The van der Waals surface area contributed by atoms with E-state index in [9.17, 15) is 86.9 Å². The summed E-state index contributed by atoms with van der Waals surface area (Å²) in [6.45, 7) is 5.82. The molecule has 16 amide bonds. The molecule has 22 N–H and O–H groups in total. The van der Waals surface area contributed by atoms with Crippen LogP contribution in [0.15, 0.2) is 24.3 Å². The molecular weight excluding hydrogens is 1400 g/mol. The number of aliphatic hydroxyl groups excluding tert-OH is 1. The third kappa shape index (κ3) is 28.6. The highest BCUT2D eigenvalue weighted by atomic mass is 33.1. The van der Waals surface area contributed by atoms with Gasteiger partial charge in [-0.25, -0.2) is 0 Å². The average Bonchev–Trinajstić information content (AvgIpc) is 1.73. The predicted molar refractivity (Wildman–Crippen MR) is 375 cm³/mol. The first-order valence-electron chi connectivity index (χ1n) is 32.8. The third-order valence-corrected chi connectivity index (χ3v) is 20.6. The van der Waals surface area contributed by atoms with E-state index in [2.05, 4.69) is 63.8 Å². The Morgan fingerprint density at radius 1 is 0.693 bits per heavy atom. The van der Waals surface area contributed by atoms with E-state index in [1.54, 1.807) is 13.8 Å². The van der Waals surface area contributed by atoms with Crippen LogP contribution in [0.5, 0.6) is 5.75 Å². The minimum Gasteiger partial charge on any atom is -0.508 e. The van der Waals surface area contributed by atoms with Gasteiger partial charge in [0.05, 0.1) is 37.4 Å². The maximum absolute atomic E-state index is 14.4. The number of carbonyl (C=O) groups is 16. The van der Waals surface area contributed by atoms with Gasteiger partial charge in [0.2, 0.25) is 94.5 Å². The van der Waals surface area contributed by atoms with Crippen molar-refractivity contribution in [2.45, 2.75) is 171 Å². The number of aliphatic hydroxyl groups is 1. The first-order valence-corrected chi connectivity index (χ1v) is 37.6. The molecular formula is C61H96N18O18S4. The maximum Gasteiger partial charge on any atom is 0.246 e. The smallest absolute Gasteiger partial charge is 0.246 e. The summed E-state index contributed by atoms with van der Waals surface area (Å²) in [4.78, 5) is 219. The molecule has 3 saturated heterocycles. The van der Waals surface area contributed by atoms with Crippen molar-refractivity contribution in [2.75, 3.05) is 67.6 Å². The number of likely N-dealkylation sites (tertiary alicyclic amines) is 1. The molecule has 0 saturated carbocycles. The molecule has 0 bridgehead atoms. The van der Waals surface area contributed by atoms with E-state index in [1.807, 2.05) is 0 Å². The second-order valence-electron chi connectivity index (χ2n) is 24.3. The molecule has 3 aliphatic rings. The van der Waals surface area contributed by atoms with Gasteiger partial charge in [-0.15, -0.1) is 23.5 Å². The zero-order valence-corrected chi connectivity index (χ0v) is 60.2. The number of nitrogens with one attached hydrogen (secondary N) is 12. The van der Waals surface area contributed by atoms with Crippen molar-refractivity contribution in [1.82, 2.24) is 73.6 Å². The molecule has 36 nitrogen and oxygen atoms in total. The van der Waals surface area contributed by atoms with Crippen molar-refractivity contribution >= 4 is 140 Å². The lowest BCUT2D eigenvalue weighted by atomic mass is 9.99. The standard InChI is InChI=1S/C61H96N18O18S4/c1-6-31(2)49(64)60(96)77-44-28-101-100-27-43(75-51(87)32(3)69-58(94)46-13-10-20-79(46)61(97)39(22-47(63)84)72-56(92)42(76-57(44)93)26-99-30-68-34(5)82)52(88)66-23-48(85)78-19-9-12-45(78)59(95)70-37(11-7-8-18-62)53(89)71-38(21-35-14-16-36(83)17-15-35)54(90)73-40(24-80)55(91)74-41(50(65)86)25-98-29-67-33(4)81/h14-17,31-32,37-46,49,80,83H,6-13,18-30,62,64H2,1-5H3,(H2,63,84)(H2,65,86)(H,66,88)(H,67,81)(H,68,82)(H,69,94)(H,70,95)(H,71,89)(H,72,92)(H,73,90)(H,74,91)(H,75,87)(H,76,93)(H,77,96)/t31-,32-,37-,38-,39-,40-,41-,42-,43-,44-,45-,46-,49-/m0/s1. The van der Waals surface area contributed by atoms with E-state index in [1.165, 1.54) is 49.9 Å². The van der Waals surface area contributed by atoms with Crippen LogP contribution in [0, 0.1) is 5.92 Å². The molecule has 0 radical (unpaired) electrons. The van der Waals surface area contributed by atoms with Gasteiger partial charge in [-0.3, -0.25) is 76.7 Å². The minimum absolute atomic E-state index is 0.00988. The number of rotatable bonds is 33. The summed E-state index contributed by atoms with van der Waals surface area (Å²) < 4.78 is 0. The number of unbranched alkanes of at least 4 members (excludes halogenated alkanes) is 1. The van der Waals surface area contributed by atoms with Gasteiger partial charge < -0.3 is 107 Å².